The lowest BCUT2D eigenvalue weighted by molar-refractivity contribution is -0.385. The molecule has 0 atom stereocenters. The van der Waals surface area contributed by atoms with E-state index in [-0.39, 0.29) is 6.07 Å². The van der Waals surface area contributed by atoms with E-state index in [2.05, 4.69) is 4.74 Å². The number of nitro groups is 1. The summed E-state index contributed by atoms with van der Waals surface area (Å²) in [4.78, 5) is 44.5. The number of esters is 1. The van der Waals surface area contributed by atoms with Crippen LogP contribution in [-0.4, -0.2) is 28.0 Å². The van der Waals surface area contributed by atoms with Gasteiger partial charge in [-0.25, -0.2) is 0 Å². The summed E-state index contributed by atoms with van der Waals surface area (Å²) in [6.45, 7) is -1.40. The number of pyridine rings is 1. The second-order valence-electron chi connectivity index (χ2n) is 5.36. The standard InChI is InChI=1S/C16H12F3N3O6/c17-16(18,19)11-7-10(22(26)27)4-5-12(11)20-13(23)9-28-15(25)8-21-6-2-1-3-14(21)24/h1-7H,8-9H2,(H,20,23). The van der Waals surface area contributed by atoms with Crippen LogP contribution in [0.4, 0.5) is 24.5 Å². The molecule has 0 spiro atoms. The number of aromatic nitrogens is 1. The van der Waals surface area contributed by atoms with Crippen molar-refractivity contribution in [3.63, 3.8) is 0 Å². The van der Waals surface area contributed by atoms with E-state index in [1.807, 2.05) is 5.32 Å². The number of nitro benzene ring substituents is 1. The maximum Gasteiger partial charge on any atom is 0.418 e. The molecular weight excluding hydrogens is 387 g/mol. The fourth-order valence-electron chi connectivity index (χ4n) is 2.10. The van der Waals surface area contributed by atoms with Crippen molar-refractivity contribution in [3.8, 4) is 0 Å². The summed E-state index contributed by atoms with van der Waals surface area (Å²) in [5.74, 6) is -2.05. The zero-order valence-electron chi connectivity index (χ0n) is 13.9. The quantitative estimate of drug-likeness (QED) is 0.450. The Morgan fingerprint density at radius 1 is 1.21 bits per heavy atom. The molecule has 28 heavy (non-hydrogen) atoms. The number of carbonyl (C=O) groups is 2. The Labute approximate surface area is 154 Å². The molecule has 0 fully saturated rings. The third-order valence-electron chi connectivity index (χ3n) is 3.36. The van der Waals surface area contributed by atoms with Crippen LogP contribution in [0.5, 0.6) is 0 Å². The second-order valence-corrected chi connectivity index (χ2v) is 5.36. The van der Waals surface area contributed by atoms with Gasteiger partial charge in [-0.15, -0.1) is 0 Å². The first kappa shape index (κ1) is 20.6. The first-order chi connectivity index (χ1) is 13.1. The van der Waals surface area contributed by atoms with Gasteiger partial charge in [-0.05, 0) is 12.1 Å². The normalized spacial score (nSPS) is 11.0. The van der Waals surface area contributed by atoms with Crippen LogP contribution in [-0.2, 0) is 27.0 Å². The highest BCUT2D eigenvalue weighted by atomic mass is 19.4. The number of hydrogen-bond donors (Lipinski definition) is 1. The molecule has 0 aliphatic heterocycles. The highest BCUT2D eigenvalue weighted by Gasteiger charge is 2.35. The first-order valence-electron chi connectivity index (χ1n) is 7.54. The average Bonchev–Trinajstić information content (AvgIpc) is 2.61. The maximum atomic E-state index is 13.0. The molecule has 12 heteroatoms. The van der Waals surface area contributed by atoms with Gasteiger partial charge in [0.1, 0.15) is 6.54 Å². The minimum absolute atomic E-state index is 0.281. The molecule has 0 aliphatic carbocycles. The molecule has 1 N–H and O–H groups in total. The average molecular weight is 399 g/mol. The number of non-ortho nitro benzene ring substituents is 1. The fourth-order valence-corrected chi connectivity index (χ4v) is 2.10. The van der Waals surface area contributed by atoms with Gasteiger partial charge in [-0.2, -0.15) is 13.2 Å². The molecule has 0 bridgehead atoms. The van der Waals surface area contributed by atoms with Gasteiger partial charge in [0.2, 0.25) is 0 Å². The SMILES string of the molecule is O=C(COC(=O)Cn1ccccc1=O)Nc1ccc([N+](=O)[O-])cc1C(F)(F)F. The topological polar surface area (TPSA) is 121 Å². The van der Waals surface area contributed by atoms with Gasteiger partial charge >= 0.3 is 12.1 Å². The fraction of sp³-hybridized carbons (Fsp3) is 0.188. The lowest BCUT2D eigenvalue weighted by Gasteiger charge is -2.13. The molecule has 0 saturated heterocycles. The number of alkyl halides is 3. The Kier molecular flexibility index (Phi) is 6.13. The molecule has 0 saturated carbocycles. The van der Waals surface area contributed by atoms with Crippen molar-refractivity contribution in [1.29, 1.82) is 0 Å². The molecule has 2 rings (SSSR count). The van der Waals surface area contributed by atoms with Crippen molar-refractivity contribution in [1.82, 2.24) is 4.57 Å². The second kappa shape index (κ2) is 8.33. The van der Waals surface area contributed by atoms with E-state index >= 15 is 0 Å². The summed E-state index contributed by atoms with van der Waals surface area (Å²) in [6, 6.07) is 5.95. The van der Waals surface area contributed by atoms with Gasteiger partial charge in [0.25, 0.3) is 17.2 Å². The van der Waals surface area contributed by atoms with Gasteiger partial charge in [0, 0.05) is 24.4 Å². The van der Waals surface area contributed by atoms with Gasteiger partial charge in [0.15, 0.2) is 6.61 Å². The third-order valence-corrected chi connectivity index (χ3v) is 3.36. The van der Waals surface area contributed by atoms with Crippen molar-refractivity contribution in [2.45, 2.75) is 12.7 Å². The van der Waals surface area contributed by atoms with Crippen LogP contribution in [0.3, 0.4) is 0 Å². The summed E-state index contributed by atoms with van der Waals surface area (Å²) >= 11 is 0. The summed E-state index contributed by atoms with van der Waals surface area (Å²) < 4.78 is 44.8. The first-order valence-corrected chi connectivity index (χ1v) is 7.54. The molecule has 1 aromatic heterocycles. The van der Waals surface area contributed by atoms with Gasteiger partial charge < -0.3 is 14.6 Å². The van der Waals surface area contributed by atoms with Crippen LogP contribution < -0.4 is 10.9 Å². The number of nitrogens with one attached hydrogen (secondary N) is 1. The molecule has 1 aromatic carbocycles. The number of benzene rings is 1. The lowest BCUT2D eigenvalue weighted by Crippen LogP contribution is -2.27. The van der Waals surface area contributed by atoms with Gasteiger partial charge in [0.05, 0.1) is 16.2 Å². The van der Waals surface area contributed by atoms with Crippen molar-refractivity contribution < 1.29 is 32.4 Å². The number of amides is 1. The van der Waals surface area contributed by atoms with Crippen LogP contribution in [0, 0.1) is 10.1 Å². The number of halogens is 3. The number of hydrogen-bond acceptors (Lipinski definition) is 6. The van der Waals surface area contributed by atoms with E-state index < -0.39 is 58.6 Å². The Balaban J connectivity index is 2.03. The molecule has 9 nitrogen and oxygen atoms in total. The van der Waals surface area contributed by atoms with Crippen LogP contribution in [0.25, 0.3) is 0 Å². The molecule has 148 valence electrons. The maximum absolute atomic E-state index is 13.0. The monoisotopic (exact) mass is 399 g/mol. The zero-order chi connectivity index (χ0) is 20.9. The minimum atomic E-state index is -4.96. The highest BCUT2D eigenvalue weighted by Crippen LogP contribution is 2.37. The minimum Gasteiger partial charge on any atom is -0.454 e. The Bertz CT molecular complexity index is 971. The summed E-state index contributed by atoms with van der Waals surface area (Å²) in [7, 11) is 0. The molecule has 2 aromatic rings. The zero-order valence-corrected chi connectivity index (χ0v) is 13.9. The van der Waals surface area contributed by atoms with Crippen LogP contribution >= 0.6 is 0 Å². The van der Waals surface area contributed by atoms with E-state index in [1.165, 1.54) is 24.4 Å². The highest BCUT2D eigenvalue weighted by molar-refractivity contribution is 5.93. The molecular formula is C16H12F3N3O6. The lowest BCUT2D eigenvalue weighted by atomic mass is 10.1. The third kappa shape index (κ3) is 5.40. The van der Waals surface area contributed by atoms with E-state index in [1.54, 1.807) is 0 Å². The molecule has 0 aliphatic rings. The summed E-state index contributed by atoms with van der Waals surface area (Å²) in [5.41, 5.74) is -3.43. The van der Waals surface area contributed by atoms with Crippen LogP contribution in [0.1, 0.15) is 5.56 Å². The van der Waals surface area contributed by atoms with Crippen LogP contribution in [0.15, 0.2) is 47.4 Å². The molecule has 1 amide bonds. The number of nitrogens with zero attached hydrogens (tertiary/aromatic N) is 2. The van der Waals surface area contributed by atoms with Crippen LogP contribution in [0.2, 0.25) is 0 Å². The van der Waals surface area contributed by atoms with Crippen molar-refractivity contribution in [3.05, 3.63) is 68.6 Å². The smallest absolute Gasteiger partial charge is 0.418 e. The van der Waals surface area contributed by atoms with E-state index in [4.69, 9.17) is 0 Å². The van der Waals surface area contributed by atoms with E-state index in [9.17, 15) is 37.7 Å². The van der Waals surface area contributed by atoms with Gasteiger partial charge in [-0.3, -0.25) is 24.5 Å². The van der Waals surface area contributed by atoms with Crippen molar-refractivity contribution in [2.24, 2.45) is 0 Å². The molecule has 0 unspecified atom stereocenters. The number of rotatable bonds is 6. The largest absolute Gasteiger partial charge is 0.454 e. The Hall–Kier alpha value is -3.70. The summed E-state index contributed by atoms with van der Waals surface area (Å²) in [6.07, 6.45) is -3.64. The van der Waals surface area contributed by atoms with Crippen molar-refractivity contribution >= 4 is 23.3 Å². The number of carbonyl (C=O) groups excluding carboxylic acids is 2. The number of anilines is 1. The predicted molar refractivity (Wildman–Crippen MR) is 88.4 cm³/mol. The molecule has 1 heterocycles. The number of ether oxygens (including phenoxy) is 1. The van der Waals surface area contributed by atoms with Gasteiger partial charge in [-0.1, -0.05) is 6.07 Å². The predicted octanol–water partition coefficient (Wildman–Crippen LogP) is 1.96. The Morgan fingerprint density at radius 2 is 1.93 bits per heavy atom. The molecule has 0 radical (unpaired) electrons. The summed E-state index contributed by atoms with van der Waals surface area (Å²) in [5, 5.41) is 12.5. The van der Waals surface area contributed by atoms with Crippen molar-refractivity contribution in [2.75, 3.05) is 11.9 Å². The Morgan fingerprint density at radius 3 is 2.54 bits per heavy atom. The van der Waals surface area contributed by atoms with E-state index in [0.29, 0.717) is 0 Å². The van der Waals surface area contributed by atoms with E-state index in [0.717, 1.165) is 16.7 Å².